The third-order valence-electron chi connectivity index (χ3n) is 5.89. The highest BCUT2D eigenvalue weighted by molar-refractivity contribution is 7.16. The summed E-state index contributed by atoms with van der Waals surface area (Å²) in [4.78, 5) is 38.3. The number of rotatable bonds is 8. The lowest BCUT2D eigenvalue weighted by molar-refractivity contribution is -0.136. The number of benzene rings is 2. The molecule has 4 rings (SSSR count). The Bertz CT molecular complexity index is 1460. The molecule has 2 amide bonds. The van der Waals surface area contributed by atoms with Crippen molar-refractivity contribution in [3.63, 3.8) is 0 Å². The number of methoxy groups -OCH3 is 1. The van der Waals surface area contributed by atoms with Gasteiger partial charge in [0.25, 0.3) is 0 Å². The van der Waals surface area contributed by atoms with Gasteiger partial charge in [0.15, 0.2) is 11.5 Å². The van der Waals surface area contributed by atoms with Gasteiger partial charge in [0, 0.05) is 4.88 Å². The first-order chi connectivity index (χ1) is 18.9. The highest BCUT2D eigenvalue weighted by atomic mass is 32.1. The lowest BCUT2D eigenvalue weighted by atomic mass is 9.96. The summed E-state index contributed by atoms with van der Waals surface area (Å²) in [6.07, 6.45) is 5.03. The van der Waals surface area contributed by atoms with E-state index in [0.29, 0.717) is 39.8 Å². The van der Waals surface area contributed by atoms with Crippen molar-refractivity contribution in [3.05, 3.63) is 69.6 Å². The maximum Gasteiger partial charge on any atom is 0.343 e. The van der Waals surface area contributed by atoms with Crippen molar-refractivity contribution in [2.45, 2.75) is 32.6 Å². The molecule has 0 fully saturated rings. The summed E-state index contributed by atoms with van der Waals surface area (Å²) >= 11 is 1.34. The van der Waals surface area contributed by atoms with Gasteiger partial charge in [0.2, 0.25) is 0 Å². The van der Waals surface area contributed by atoms with Gasteiger partial charge in [-0.25, -0.2) is 10.2 Å². The number of carbonyl (C=O) groups is 3. The van der Waals surface area contributed by atoms with E-state index in [4.69, 9.17) is 14.2 Å². The van der Waals surface area contributed by atoms with Crippen LogP contribution in [0.5, 0.6) is 17.2 Å². The third-order valence-corrected chi connectivity index (χ3v) is 7.10. The Morgan fingerprint density at radius 2 is 1.85 bits per heavy atom. The summed E-state index contributed by atoms with van der Waals surface area (Å²) in [5, 5.41) is 16.3. The first kappa shape index (κ1) is 27.3. The standard InChI is InChI=1S/C28H26N4O6S/c1-3-37-23-14-17(8-13-22(23)38-28(35)18-9-11-19(36-2)12-10-18)16-30-32-26(34)25(33)31-27-21(15-29)20-6-4-5-7-24(20)39-27/h8-14,16H,3-7H2,1-2H3,(H,31,33)(H,32,34)/b30-16-. The van der Waals surface area contributed by atoms with Crippen LogP contribution in [-0.2, 0) is 22.4 Å². The number of fused-ring (bicyclic) bond motifs is 1. The van der Waals surface area contributed by atoms with E-state index in [2.05, 4.69) is 21.9 Å². The first-order valence-corrected chi connectivity index (χ1v) is 13.1. The van der Waals surface area contributed by atoms with Gasteiger partial charge in [0.05, 0.1) is 31.1 Å². The molecule has 0 unspecified atom stereocenters. The van der Waals surface area contributed by atoms with Crippen molar-refractivity contribution in [1.82, 2.24) is 5.43 Å². The zero-order valence-electron chi connectivity index (χ0n) is 21.4. The highest BCUT2D eigenvalue weighted by Gasteiger charge is 2.23. The molecule has 0 saturated heterocycles. The molecule has 0 saturated carbocycles. The van der Waals surface area contributed by atoms with Gasteiger partial charge in [-0.05, 0) is 86.2 Å². The van der Waals surface area contributed by atoms with Crippen LogP contribution in [0.1, 0.15) is 51.7 Å². The Hall–Kier alpha value is -4.69. The van der Waals surface area contributed by atoms with Crippen molar-refractivity contribution in [2.24, 2.45) is 5.10 Å². The lowest BCUT2D eigenvalue weighted by Gasteiger charge is -2.11. The molecule has 1 aliphatic carbocycles. The van der Waals surface area contributed by atoms with Gasteiger partial charge in [-0.15, -0.1) is 11.3 Å². The number of nitrogens with zero attached hydrogens (tertiary/aromatic N) is 2. The van der Waals surface area contributed by atoms with Crippen LogP contribution < -0.4 is 25.0 Å². The van der Waals surface area contributed by atoms with Crippen molar-refractivity contribution in [1.29, 1.82) is 5.26 Å². The van der Waals surface area contributed by atoms with Crippen LogP contribution in [0, 0.1) is 11.3 Å². The van der Waals surface area contributed by atoms with E-state index in [1.165, 1.54) is 24.7 Å². The van der Waals surface area contributed by atoms with Gasteiger partial charge < -0.3 is 19.5 Å². The molecule has 0 aliphatic heterocycles. The molecule has 0 radical (unpaired) electrons. The highest BCUT2D eigenvalue weighted by Crippen LogP contribution is 2.37. The van der Waals surface area contributed by atoms with Gasteiger partial charge in [0.1, 0.15) is 16.8 Å². The molecule has 1 heterocycles. The van der Waals surface area contributed by atoms with Gasteiger partial charge in [-0.2, -0.15) is 10.4 Å². The van der Waals surface area contributed by atoms with Crippen molar-refractivity contribution >= 4 is 40.3 Å². The van der Waals surface area contributed by atoms with Gasteiger partial charge >= 0.3 is 17.8 Å². The van der Waals surface area contributed by atoms with Crippen LogP contribution in [0.4, 0.5) is 5.00 Å². The summed E-state index contributed by atoms with van der Waals surface area (Å²) < 4.78 is 16.2. The number of hydrogen-bond acceptors (Lipinski definition) is 9. The van der Waals surface area contributed by atoms with E-state index >= 15 is 0 Å². The molecular formula is C28H26N4O6S. The summed E-state index contributed by atoms with van der Waals surface area (Å²) in [5.41, 5.74) is 4.44. The maximum absolute atomic E-state index is 12.5. The van der Waals surface area contributed by atoms with Crippen molar-refractivity contribution < 1.29 is 28.6 Å². The number of amides is 2. The normalized spacial score (nSPS) is 12.2. The smallest absolute Gasteiger partial charge is 0.343 e. The topological polar surface area (TPSA) is 139 Å². The number of nitriles is 1. The molecular weight excluding hydrogens is 520 g/mol. The average Bonchev–Trinajstić information content (AvgIpc) is 3.31. The molecule has 0 atom stereocenters. The third kappa shape index (κ3) is 6.61. The van der Waals surface area contributed by atoms with Crippen LogP contribution in [0.25, 0.3) is 0 Å². The quantitative estimate of drug-likeness (QED) is 0.142. The Morgan fingerprint density at radius 3 is 2.56 bits per heavy atom. The fourth-order valence-electron chi connectivity index (χ4n) is 3.99. The zero-order valence-corrected chi connectivity index (χ0v) is 22.2. The molecule has 200 valence electrons. The molecule has 11 heteroatoms. The van der Waals surface area contributed by atoms with E-state index in [-0.39, 0.29) is 5.75 Å². The number of hydrazone groups is 1. The molecule has 1 aliphatic rings. The molecule has 2 N–H and O–H groups in total. The van der Waals surface area contributed by atoms with E-state index < -0.39 is 17.8 Å². The summed E-state index contributed by atoms with van der Waals surface area (Å²) in [6.45, 7) is 2.11. The number of hydrogen-bond donors (Lipinski definition) is 2. The minimum atomic E-state index is -0.975. The Morgan fingerprint density at radius 1 is 1.08 bits per heavy atom. The molecule has 0 bridgehead atoms. The Kier molecular flexibility index (Phi) is 8.91. The SMILES string of the molecule is CCOc1cc(/C=N\NC(=O)C(=O)Nc2sc3c(c2C#N)CCCC3)ccc1OC(=O)c1ccc(OC)cc1. The van der Waals surface area contributed by atoms with E-state index in [1.807, 2.05) is 0 Å². The number of carbonyl (C=O) groups excluding carboxylic acids is 3. The fourth-order valence-corrected chi connectivity index (χ4v) is 5.23. The molecule has 3 aromatic rings. The summed E-state index contributed by atoms with van der Waals surface area (Å²) in [5.74, 6) is -1.32. The number of ether oxygens (including phenoxy) is 3. The number of anilines is 1. The minimum Gasteiger partial charge on any atom is -0.497 e. The van der Waals surface area contributed by atoms with Crippen LogP contribution >= 0.6 is 11.3 Å². The lowest BCUT2D eigenvalue weighted by Crippen LogP contribution is -2.32. The van der Waals surface area contributed by atoms with Gasteiger partial charge in [-0.1, -0.05) is 0 Å². The monoisotopic (exact) mass is 546 g/mol. The molecule has 39 heavy (non-hydrogen) atoms. The minimum absolute atomic E-state index is 0.213. The predicted octanol–water partition coefficient (Wildman–Crippen LogP) is 4.21. The van der Waals surface area contributed by atoms with E-state index in [1.54, 1.807) is 49.4 Å². The predicted molar refractivity (Wildman–Crippen MR) is 146 cm³/mol. The van der Waals surface area contributed by atoms with Crippen LogP contribution in [0.3, 0.4) is 0 Å². The Balaban J connectivity index is 1.38. The van der Waals surface area contributed by atoms with Crippen LogP contribution in [0.2, 0.25) is 0 Å². The second-order valence-corrected chi connectivity index (χ2v) is 9.54. The number of aryl methyl sites for hydroxylation is 1. The second kappa shape index (κ2) is 12.7. The average molecular weight is 547 g/mol. The molecule has 0 spiro atoms. The first-order valence-electron chi connectivity index (χ1n) is 12.3. The fraction of sp³-hybridized carbons (Fsp3) is 0.250. The number of esters is 1. The van der Waals surface area contributed by atoms with E-state index in [0.717, 1.165) is 36.1 Å². The largest absolute Gasteiger partial charge is 0.497 e. The Labute approximate surface area is 229 Å². The van der Waals surface area contributed by atoms with E-state index in [9.17, 15) is 19.6 Å². The van der Waals surface area contributed by atoms with Gasteiger partial charge in [-0.3, -0.25) is 9.59 Å². The second-order valence-electron chi connectivity index (χ2n) is 8.44. The zero-order chi connectivity index (χ0) is 27.8. The van der Waals surface area contributed by atoms with Crippen molar-refractivity contribution in [3.8, 4) is 23.3 Å². The maximum atomic E-state index is 12.5. The molecule has 1 aromatic heterocycles. The number of nitrogens with one attached hydrogen (secondary N) is 2. The summed E-state index contributed by atoms with van der Waals surface area (Å²) in [6, 6.07) is 13.4. The van der Waals surface area contributed by atoms with Crippen LogP contribution in [0.15, 0.2) is 47.6 Å². The van der Waals surface area contributed by atoms with Crippen LogP contribution in [-0.4, -0.2) is 37.7 Å². The summed E-state index contributed by atoms with van der Waals surface area (Å²) in [7, 11) is 1.54. The molecule has 2 aromatic carbocycles. The van der Waals surface area contributed by atoms with Crippen molar-refractivity contribution in [2.75, 3.05) is 19.0 Å². The molecule has 10 nitrogen and oxygen atoms in total. The number of thiophene rings is 1.